The molecule has 4 rings (SSSR count). The third kappa shape index (κ3) is 4.30. The first-order valence-corrected chi connectivity index (χ1v) is 11.3. The highest BCUT2D eigenvalue weighted by Gasteiger charge is 2.28. The van der Waals surface area contributed by atoms with E-state index >= 15 is 0 Å². The summed E-state index contributed by atoms with van der Waals surface area (Å²) in [7, 11) is 1.96. The van der Waals surface area contributed by atoms with Crippen LogP contribution in [0.4, 0.5) is 5.69 Å². The average Bonchev–Trinajstić information content (AvgIpc) is 3.08. The van der Waals surface area contributed by atoms with Gasteiger partial charge in [0.2, 0.25) is 5.69 Å². The minimum Gasteiger partial charge on any atom is -0.481 e. The van der Waals surface area contributed by atoms with Gasteiger partial charge < -0.3 is 15.3 Å². The minimum atomic E-state index is -0.700. The Balaban J connectivity index is 1.44. The Labute approximate surface area is 192 Å². The molecular weight excluding hydrogens is 428 g/mol. The van der Waals surface area contributed by atoms with Gasteiger partial charge in [0.1, 0.15) is 6.20 Å². The fourth-order valence-electron chi connectivity index (χ4n) is 4.48. The van der Waals surface area contributed by atoms with Crippen LogP contribution in [0.3, 0.4) is 0 Å². The second-order valence-electron chi connectivity index (χ2n) is 8.23. The van der Waals surface area contributed by atoms with Crippen LogP contribution in [0.2, 0.25) is 5.02 Å². The number of fused-ring (bicyclic) bond motifs is 1. The third-order valence-electron chi connectivity index (χ3n) is 6.30. The van der Waals surface area contributed by atoms with Gasteiger partial charge in [-0.3, -0.25) is 9.59 Å². The zero-order valence-corrected chi connectivity index (χ0v) is 19.1. The van der Waals surface area contributed by atoms with Gasteiger partial charge in [0.05, 0.1) is 18.0 Å². The van der Waals surface area contributed by atoms with E-state index in [0.717, 1.165) is 42.1 Å². The van der Waals surface area contributed by atoms with Crippen LogP contribution in [0, 0.1) is 5.92 Å². The van der Waals surface area contributed by atoms with Gasteiger partial charge >= 0.3 is 5.97 Å². The highest BCUT2D eigenvalue weighted by molar-refractivity contribution is 6.30. The molecule has 0 atom stereocenters. The van der Waals surface area contributed by atoms with Gasteiger partial charge in [0.15, 0.2) is 5.69 Å². The Morgan fingerprint density at radius 3 is 2.47 bits per heavy atom. The summed E-state index contributed by atoms with van der Waals surface area (Å²) in [6.07, 6.45) is 3.83. The number of aryl methyl sites for hydroxylation is 1. The molecule has 3 aromatic rings. The second-order valence-corrected chi connectivity index (χ2v) is 8.67. The number of aromatic nitrogens is 2. The molecule has 7 nitrogen and oxygen atoms in total. The fraction of sp³-hybridized carbons (Fsp3) is 0.375. The lowest BCUT2D eigenvalue weighted by Crippen LogP contribution is -2.36. The Bertz CT molecular complexity index is 1150. The standard InChI is InChI=1S/C24H27ClN4O3/c1-3-20-22(29-15-18(25)6-9-21(29)27(20)2)23(30)26-14-16-4-7-19(8-5-16)28-12-10-17(11-13-28)24(31)32/h4-9,15,17H,3,10-14H2,1-2H3,(H-,26,30,31,32)/p+1. The van der Waals surface area contributed by atoms with E-state index in [2.05, 4.69) is 10.2 Å². The van der Waals surface area contributed by atoms with Crippen molar-refractivity contribution in [3.05, 3.63) is 64.6 Å². The van der Waals surface area contributed by atoms with Gasteiger partial charge in [-0.2, -0.15) is 4.40 Å². The molecule has 2 N–H and O–H groups in total. The predicted octanol–water partition coefficient (Wildman–Crippen LogP) is 3.21. The molecule has 168 valence electrons. The molecule has 0 spiro atoms. The van der Waals surface area contributed by atoms with Crippen LogP contribution >= 0.6 is 11.6 Å². The first-order chi connectivity index (χ1) is 15.4. The van der Waals surface area contributed by atoms with E-state index in [1.165, 1.54) is 0 Å². The number of hydrogen-bond donors (Lipinski definition) is 2. The summed E-state index contributed by atoms with van der Waals surface area (Å²) in [5.41, 5.74) is 4.54. The summed E-state index contributed by atoms with van der Waals surface area (Å²) < 4.78 is 3.87. The van der Waals surface area contributed by atoms with Gasteiger partial charge in [-0.05, 0) is 36.6 Å². The lowest BCUT2D eigenvalue weighted by atomic mass is 9.96. The Morgan fingerprint density at radius 1 is 1.16 bits per heavy atom. The first-order valence-electron chi connectivity index (χ1n) is 10.9. The Morgan fingerprint density at radius 2 is 1.84 bits per heavy atom. The number of hydrogen-bond acceptors (Lipinski definition) is 3. The lowest BCUT2D eigenvalue weighted by molar-refractivity contribution is -0.513. The highest BCUT2D eigenvalue weighted by Crippen LogP contribution is 2.24. The minimum absolute atomic E-state index is 0.139. The maximum absolute atomic E-state index is 13.1. The summed E-state index contributed by atoms with van der Waals surface area (Å²) in [5, 5.41) is 12.8. The molecule has 1 aliphatic heterocycles. The molecule has 0 saturated carbocycles. The zero-order chi connectivity index (χ0) is 22.8. The number of halogens is 1. The lowest BCUT2D eigenvalue weighted by Gasteiger charge is -2.32. The SMILES string of the molecule is CCc1c(C(=O)NCc2ccc(N3CCC(C(=O)O)CC3)cc2)[n+]2cc(Cl)ccc2n1C. The number of benzene rings is 1. The topological polar surface area (TPSA) is 78.7 Å². The zero-order valence-electron chi connectivity index (χ0n) is 18.3. The summed E-state index contributed by atoms with van der Waals surface area (Å²) in [5.74, 6) is -1.08. The van der Waals surface area contributed by atoms with Gasteiger partial charge in [0, 0.05) is 37.8 Å². The van der Waals surface area contributed by atoms with E-state index in [4.69, 9.17) is 16.7 Å². The van der Waals surface area contributed by atoms with Crippen LogP contribution in [-0.4, -0.2) is 34.6 Å². The highest BCUT2D eigenvalue weighted by atomic mass is 35.5. The average molecular weight is 456 g/mol. The number of carboxylic acids is 1. The number of nitrogens with zero attached hydrogens (tertiary/aromatic N) is 3. The summed E-state index contributed by atoms with van der Waals surface area (Å²) in [6, 6.07) is 11.8. The number of carboxylic acid groups (broad SMARTS) is 1. The van der Waals surface area contributed by atoms with Crippen LogP contribution in [0.1, 0.15) is 41.5 Å². The van der Waals surface area contributed by atoms with Gasteiger partial charge in [-0.15, -0.1) is 0 Å². The normalized spacial score (nSPS) is 14.7. The second kappa shape index (κ2) is 9.20. The van der Waals surface area contributed by atoms with Crippen LogP contribution in [0.15, 0.2) is 42.6 Å². The Hall–Kier alpha value is -3.06. The number of rotatable bonds is 6. The number of pyridine rings is 1. The van der Waals surface area contributed by atoms with Gasteiger partial charge in [0.25, 0.3) is 11.6 Å². The van der Waals surface area contributed by atoms with Crippen LogP contribution in [-0.2, 0) is 24.8 Å². The maximum Gasteiger partial charge on any atom is 0.306 e. The largest absolute Gasteiger partial charge is 0.481 e. The van der Waals surface area contributed by atoms with E-state index < -0.39 is 5.97 Å². The molecule has 1 amide bonds. The molecule has 1 saturated heterocycles. The predicted molar refractivity (Wildman–Crippen MR) is 123 cm³/mol. The van der Waals surface area contributed by atoms with E-state index in [9.17, 15) is 9.59 Å². The molecule has 1 aliphatic rings. The molecule has 0 radical (unpaired) electrons. The van der Waals surface area contributed by atoms with Crippen molar-refractivity contribution in [1.29, 1.82) is 0 Å². The van der Waals surface area contributed by atoms with Crippen molar-refractivity contribution in [2.75, 3.05) is 18.0 Å². The van der Waals surface area contributed by atoms with E-state index in [0.29, 0.717) is 30.1 Å². The van der Waals surface area contributed by atoms with Crippen molar-refractivity contribution < 1.29 is 19.1 Å². The van der Waals surface area contributed by atoms with Gasteiger partial charge in [-0.1, -0.05) is 30.7 Å². The van der Waals surface area contributed by atoms with Crippen LogP contribution < -0.4 is 14.6 Å². The van der Waals surface area contributed by atoms with Crippen LogP contribution in [0.5, 0.6) is 0 Å². The molecule has 0 unspecified atom stereocenters. The number of carbonyl (C=O) groups excluding carboxylic acids is 1. The quantitative estimate of drug-likeness (QED) is 0.559. The number of aliphatic carboxylic acids is 1. The molecule has 0 bridgehead atoms. The monoisotopic (exact) mass is 455 g/mol. The van der Waals surface area contributed by atoms with E-state index in [1.807, 2.05) is 59.3 Å². The van der Waals surface area contributed by atoms with Crippen molar-refractivity contribution >= 4 is 34.8 Å². The van der Waals surface area contributed by atoms with Crippen LogP contribution in [0.25, 0.3) is 5.65 Å². The van der Waals surface area contributed by atoms with Crippen molar-refractivity contribution in [3.8, 4) is 0 Å². The summed E-state index contributed by atoms with van der Waals surface area (Å²) in [6.45, 7) is 3.94. The third-order valence-corrected chi connectivity index (χ3v) is 6.53. The maximum atomic E-state index is 13.1. The molecular formula is C24H28ClN4O3+. The van der Waals surface area contributed by atoms with Crippen molar-refractivity contribution in [1.82, 2.24) is 9.88 Å². The summed E-state index contributed by atoms with van der Waals surface area (Å²) >= 11 is 6.18. The molecule has 3 heterocycles. The molecule has 1 aromatic carbocycles. The van der Waals surface area contributed by atoms with E-state index in [1.54, 1.807) is 6.20 Å². The van der Waals surface area contributed by atoms with Crippen molar-refractivity contribution in [2.24, 2.45) is 13.0 Å². The molecule has 32 heavy (non-hydrogen) atoms. The molecule has 0 aliphatic carbocycles. The fourth-order valence-corrected chi connectivity index (χ4v) is 4.64. The molecule has 1 fully saturated rings. The molecule has 8 heteroatoms. The first kappa shape index (κ1) is 22.1. The molecule has 2 aromatic heterocycles. The Kier molecular flexibility index (Phi) is 6.37. The number of anilines is 1. The summed E-state index contributed by atoms with van der Waals surface area (Å²) in [4.78, 5) is 26.4. The number of nitrogens with one attached hydrogen (secondary N) is 1. The number of imidazole rings is 1. The van der Waals surface area contributed by atoms with Gasteiger partial charge in [-0.25, -0.2) is 4.57 Å². The number of carbonyl (C=O) groups is 2. The number of amides is 1. The smallest absolute Gasteiger partial charge is 0.306 e. The van der Waals surface area contributed by atoms with Crippen molar-refractivity contribution in [3.63, 3.8) is 0 Å². The number of piperidine rings is 1. The van der Waals surface area contributed by atoms with Crippen molar-refractivity contribution in [2.45, 2.75) is 32.7 Å². The van der Waals surface area contributed by atoms with E-state index in [-0.39, 0.29) is 11.8 Å².